The van der Waals surface area contributed by atoms with E-state index in [0.29, 0.717) is 0 Å². The molecule has 0 saturated heterocycles. The smallest absolute Gasteiger partial charge is 0.428 e. The molecule has 0 spiro atoms. The van der Waals surface area contributed by atoms with Crippen LogP contribution in [0.2, 0.25) is 0 Å². The van der Waals surface area contributed by atoms with Gasteiger partial charge >= 0.3 is 12.1 Å². The number of hydrogen-bond acceptors (Lipinski definition) is 4. The summed E-state index contributed by atoms with van der Waals surface area (Å²) in [5.41, 5.74) is -0.641. The van der Waals surface area contributed by atoms with Crippen LogP contribution in [0.3, 0.4) is 0 Å². The number of esters is 1. The van der Waals surface area contributed by atoms with Crippen LogP contribution in [-0.2, 0) is 14.3 Å². The largest absolute Gasteiger partial charge is 0.516 e. The van der Waals surface area contributed by atoms with E-state index in [4.69, 9.17) is 4.74 Å². The van der Waals surface area contributed by atoms with Gasteiger partial charge in [0.15, 0.2) is 0 Å². The lowest BCUT2D eigenvalue weighted by molar-refractivity contribution is -0.141. The average Bonchev–Trinajstić information content (AvgIpc) is 2.46. The molecule has 0 aromatic rings. The molecule has 0 heterocycles. The van der Waals surface area contributed by atoms with Crippen molar-refractivity contribution in [3.05, 3.63) is 0 Å². The molecule has 0 saturated carbocycles. The van der Waals surface area contributed by atoms with Gasteiger partial charge in [-0.15, -0.1) is 4.67 Å². The van der Waals surface area contributed by atoms with E-state index in [0.717, 1.165) is 25.7 Å². The van der Waals surface area contributed by atoms with Gasteiger partial charge in [0.25, 0.3) is 12.9 Å². The number of rotatable bonds is 12. The van der Waals surface area contributed by atoms with Crippen molar-refractivity contribution in [1.29, 1.82) is 0 Å². The highest BCUT2D eigenvalue weighted by Gasteiger charge is 2.19. The molecule has 24 heavy (non-hydrogen) atoms. The van der Waals surface area contributed by atoms with Gasteiger partial charge in [0.2, 0.25) is 0 Å². The first-order valence-electron chi connectivity index (χ1n) is 9.06. The summed E-state index contributed by atoms with van der Waals surface area (Å²) in [4.78, 5) is 22.8. The van der Waals surface area contributed by atoms with E-state index in [2.05, 4.69) is 16.1 Å². The van der Waals surface area contributed by atoms with Gasteiger partial charge in [-0.05, 0) is 33.6 Å². The van der Waals surface area contributed by atoms with Crippen molar-refractivity contribution in [1.82, 2.24) is 4.67 Å². The molecule has 0 fully saturated rings. The first-order chi connectivity index (χ1) is 11.3. The number of hydrogen-bond donors (Lipinski definition) is 0. The predicted molar refractivity (Wildman–Crippen MR) is 98.4 cm³/mol. The van der Waals surface area contributed by atoms with Crippen LogP contribution in [0, 0.1) is 0 Å². The second kappa shape index (κ2) is 13.8. The standard InChI is InChI=1S/C19H34NO4/c1-19(2,3)24-18(22)23-17(21)15-13-11-9-7-5-6-8-10-12-14-16-20-4/h16H,4-15H2,1-3H3/q+1. The molecule has 0 aliphatic rings. The SMILES string of the molecule is C=[N+]=CCCCCCCCCCCCC(=O)OC(=O)OC(C)(C)C. The zero-order chi connectivity index (χ0) is 18.3. The normalized spacial score (nSPS) is 10.8. The second-order valence-electron chi connectivity index (χ2n) is 7.02. The van der Waals surface area contributed by atoms with Gasteiger partial charge in [-0.25, -0.2) is 4.79 Å². The van der Waals surface area contributed by atoms with Crippen molar-refractivity contribution in [3.63, 3.8) is 0 Å². The van der Waals surface area contributed by atoms with E-state index >= 15 is 0 Å². The maximum Gasteiger partial charge on any atom is 0.516 e. The lowest BCUT2D eigenvalue weighted by Crippen LogP contribution is -2.26. The fourth-order valence-corrected chi connectivity index (χ4v) is 2.25. The molecule has 0 radical (unpaired) electrons. The van der Waals surface area contributed by atoms with Crippen LogP contribution in [-0.4, -0.2) is 30.7 Å². The topological polar surface area (TPSA) is 66.7 Å². The Bertz CT molecular complexity index is 406. The summed E-state index contributed by atoms with van der Waals surface area (Å²) in [5.74, 6) is -0.505. The summed E-state index contributed by atoms with van der Waals surface area (Å²) < 4.78 is 13.3. The third-order valence-corrected chi connectivity index (χ3v) is 3.43. The van der Waals surface area contributed by atoms with Gasteiger partial charge in [-0.3, -0.25) is 4.79 Å². The molecule has 0 aliphatic heterocycles. The summed E-state index contributed by atoms with van der Waals surface area (Å²) in [7, 11) is 0. The summed E-state index contributed by atoms with van der Waals surface area (Å²) in [6.07, 6.45) is 12.5. The minimum atomic E-state index is -0.908. The molecule has 0 aromatic carbocycles. The quantitative estimate of drug-likeness (QED) is 0.171. The second-order valence-corrected chi connectivity index (χ2v) is 7.02. The highest BCUT2D eigenvalue weighted by atomic mass is 16.7. The van der Waals surface area contributed by atoms with Crippen molar-refractivity contribution in [2.24, 2.45) is 0 Å². The Labute approximate surface area is 146 Å². The maximum atomic E-state index is 11.5. The molecule has 0 bridgehead atoms. The Hall–Kier alpha value is -1.61. The number of ether oxygens (including phenoxy) is 2. The first-order valence-corrected chi connectivity index (χ1v) is 9.06. The van der Waals surface area contributed by atoms with Gasteiger partial charge < -0.3 is 9.47 Å². The third kappa shape index (κ3) is 16.8. The molecule has 0 amide bonds. The maximum absolute atomic E-state index is 11.5. The number of unbranched alkanes of at least 4 members (excludes halogenated alkanes) is 9. The highest BCUT2D eigenvalue weighted by molar-refractivity contribution is 5.81. The van der Waals surface area contributed by atoms with Crippen molar-refractivity contribution in [3.8, 4) is 0 Å². The van der Waals surface area contributed by atoms with Gasteiger partial charge in [-0.1, -0.05) is 44.9 Å². The Balaban J connectivity index is 3.39. The molecular weight excluding hydrogens is 306 g/mol. The van der Waals surface area contributed by atoms with Gasteiger partial charge in [0.1, 0.15) is 5.60 Å². The molecule has 0 unspecified atom stereocenters. The monoisotopic (exact) mass is 340 g/mol. The average molecular weight is 340 g/mol. The Morgan fingerprint density at radius 3 is 1.92 bits per heavy atom. The number of carbonyl (C=O) groups is 2. The van der Waals surface area contributed by atoms with Gasteiger partial charge in [0.05, 0.1) is 0 Å². The Morgan fingerprint density at radius 2 is 1.42 bits per heavy atom. The van der Waals surface area contributed by atoms with E-state index in [1.807, 2.05) is 6.21 Å². The molecule has 5 heteroatoms. The van der Waals surface area contributed by atoms with Crippen molar-refractivity contribution in [2.75, 3.05) is 0 Å². The van der Waals surface area contributed by atoms with Crippen LogP contribution in [0.4, 0.5) is 4.79 Å². The van der Waals surface area contributed by atoms with Crippen molar-refractivity contribution in [2.45, 2.75) is 97.0 Å². The highest BCUT2D eigenvalue weighted by Crippen LogP contribution is 2.12. The predicted octanol–water partition coefficient (Wildman–Crippen LogP) is 4.59. The summed E-state index contributed by atoms with van der Waals surface area (Å²) in [6.45, 7) is 8.62. The van der Waals surface area contributed by atoms with E-state index in [9.17, 15) is 9.59 Å². The molecule has 0 rings (SSSR count). The molecule has 0 N–H and O–H groups in total. The summed E-state index contributed by atoms with van der Waals surface area (Å²) >= 11 is 0. The van der Waals surface area contributed by atoms with Crippen LogP contribution < -0.4 is 4.67 Å². The third-order valence-electron chi connectivity index (χ3n) is 3.43. The van der Waals surface area contributed by atoms with E-state index in [-0.39, 0.29) is 6.42 Å². The first kappa shape index (κ1) is 22.4. The van der Waals surface area contributed by atoms with E-state index < -0.39 is 17.7 Å². The number of nitrogens with zero attached hydrogens (tertiary/aromatic N) is 1. The number of carbonyl (C=O) groups excluding carboxylic acids is 2. The molecule has 138 valence electrons. The summed E-state index contributed by atoms with van der Waals surface area (Å²) in [6, 6.07) is 0. The molecule has 0 aliphatic carbocycles. The Morgan fingerprint density at radius 1 is 0.917 bits per heavy atom. The lowest BCUT2D eigenvalue weighted by atomic mass is 10.1. The summed E-state index contributed by atoms with van der Waals surface area (Å²) in [5, 5.41) is 0. The van der Waals surface area contributed by atoms with Crippen molar-refractivity contribution >= 4 is 25.1 Å². The fraction of sp³-hybridized carbons (Fsp3) is 0.789. The van der Waals surface area contributed by atoms with Crippen molar-refractivity contribution < 1.29 is 19.1 Å². The zero-order valence-corrected chi connectivity index (χ0v) is 15.6. The van der Waals surface area contributed by atoms with Gasteiger partial charge in [0, 0.05) is 12.8 Å². The molecule has 0 aromatic heterocycles. The van der Waals surface area contributed by atoms with E-state index in [1.165, 1.54) is 38.5 Å². The van der Waals surface area contributed by atoms with Crippen LogP contribution in [0.1, 0.15) is 91.4 Å². The lowest BCUT2D eigenvalue weighted by Gasteiger charge is -2.18. The minimum Gasteiger partial charge on any atom is -0.428 e. The van der Waals surface area contributed by atoms with Crippen LogP contribution in [0.5, 0.6) is 0 Å². The molecular formula is C19H34NO4+. The van der Waals surface area contributed by atoms with Crippen LogP contribution in [0.25, 0.3) is 0 Å². The van der Waals surface area contributed by atoms with Crippen LogP contribution >= 0.6 is 0 Å². The molecule has 0 atom stereocenters. The van der Waals surface area contributed by atoms with E-state index in [1.54, 1.807) is 20.8 Å². The minimum absolute atomic E-state index is 0.271. The van der Waals surface area contributed by atoms with Crippen LogP contribution in [0.15, 0.2) is 0 Å². The van der Waals surface area contributed by atoms with Gasteiger partial charge in [-0.2, -0.15) is 0 Å². The zero-order valence-electron chi connectivity index (χ0n) is 15.6. The Kier molecular flexibility index (Phi) is 12.9. The molecule has 5 nitrogen and oxygen atoms in total. The fourth-order valence-electron chi connectivity index (χ4n) is 2.25.